The molecule has 0 radical (unpaired) electrons. The summed E-state index contributed by atoms with van der Waals surface area (Å²) in [6.07, 6.45) is 0.594. The van der Waals surface area contributed by atoms with Gasteiger partial charge in [-0.3, -0.25) is 4.79 Å². The maximum absolute atomic E-state index is 10.4. The summed E-state index contributed by atoms with van der Waals surface area (Å²) < 4.78 is 0. The van der Waals surface area contributed by atoms with Crippen molar-refractivity contribution in [1.29, 1.82) is 0 Å². The summed E-state index contributed by atoms with van der Waals surface area (Å²) in [4.78, 5) is 10.4. The zero-order valence-corrected chi connectivity index (χ0v) is 6.79. The quantitative estimate of drug-likeness (QED) is 0.612. The maximum atomic E-state index is 10.4. The van der Waals surface area contributed by atoms with Crippen molar-refractivity contribution in [3.05, 3.63) is 23.8 Å². The van der Waals surface area contributed by atoms with Crippen LogP contribution in [0.1, 0.15) is 5.56 Å². The van der Waals surface area contributed by atoms with E-state index in [0.29, 0.717) is 0 Å². The molecule has 1 unspecified atom stereocenters. The second-order valence-electron chi connectivity index (χ2n) is 2.95. The predicted molar refractivity (Wildman–Crippen MR) is 48.3 cm³/mol. The summed E-state index contributed by atoms with van der Waals surface area (Å²) in [6.45, 7) is 2.02. The first kappa shape index (κ1) is 7.16. The molecule has 1 aliphatic rings. The fraction of sp³-hybridized carbons (Fsp3) is 0.222. The van der Waals surface area contributed by atoms with E-state index in [0.717, 1.165) is 17.7 Å². The number of aryl methyl sites for hydroxylation is 1. The van der Waals surface area contributed by atoms with E-state index in [9.17, 15) is 4.79 Å². The number of hydrogen-bond donors (Lipinski definition) is 2. The Morgan fingerprint density at radius 3 is 2.83 bits per heavy atom. The van der Waals surface area contributed by atoms with Gasteiger partial charge >= 0.3 is 0 Å². The van der Waals surface area contributed by atoms with E-state index in [4.69, 9.17) is 0 Å². The molecule has 1 aromatic rings. The van der Waals surface area contributed by atoms with Crippen molar-refractivity contribution in [3.8, 4) is 0 Å². The minimum atomic E-state index is -0.262. The van der Waals surface area contributed by atoms with Crippen LogP contribution in [0.25, 0.3) is 0 Å². The number of carbonyl (C=O) groups excluding carboxylic acids is 1. The van der Waals surface area contributed by atoms with Gasteiger partial charge in [-0.05, 0) is 24.6 Å². The van der Waals surface area contributed by atoms with Crippen LogP contribution in [0.4, 0.5) is 11.4 Å². The highest BCUT2D eigenvalue weighted by Crippen LogP contribution is 2.28. The lowest BCUT2D eigenvalue weighted by atomic mass is 10.2. The van der Waals surface area contributed by atoms with Crippen molar-refractivity contribution in [2.75, 3.05) is 10.6 Å². The standard InChI is InChI=1S/C9H10N2O/c1-6-2-3-7-8(4-6)11-9(5-12)10-7/h2-5,9-11H,1H3. The molecular weight excluding hydrogens is 152 g/mol. The molecule has 2 rings (SSSR count). The maximum Gasteiger partial charge on any atom is 0.162 e. The molecule has 1 atom stereocenters. The highest BCUT2D eigenvalue weighted by Gasteiger charge is 2.17. The van der Waals surface area contributed by atoms with E-state index in [1.165, 1.54) is 5.56 Å². The normalized spacial score (nSPS) is 19.2. The van der Waals surface area contributed by atoms with Gasteiger partial charge in [-0.15, -0.1) is 0 Å². The number of rotatable bonds is 1. The van der Waals surface area contributed by atoms with Crippen LogP contribution in [0.3, 0.4) is 0 Å². The summed E-state index contributed by atoms with van der Waals surface area (Å²) >= 11 is 0. The van der Waals surface area contributed by atoms with Gasteiger partial charge in [0.05, 0.1) is 11.4 Å². The Bertz CT molecular complexity index is 322. The van der Waals surface area contributed by atoms with Gasteiger partial charge in [0.15, 0.2) is 12.5 Å². The number of benzene rings is 1. The summed E-state index contributed by atoms with van der Waals surface area (Å²) in [6, 6.07) is 6.01. The van der Waals surface area contributed by atoms with Crippen molar-refractivity contribution in [3.63, 3.8) is 0 Å². The van der Waals surface area contributed by atoms with Crippen LogP contribution in [0.5, 0.6) is 0 Å². The summed E-state index contributed by atoms with van der Waals surface area (Å²) in [5, 5.41) is 6.08. The van der Waals surface area contributed by atoms with E-state index in [1.807, 2.05) is 25.1 Å². The SMILES string of the molecule is Cc1ccc2c(c1)NC(C=O)N2. The second kappa shape index (κ2) is 2.52. The molecule has 0 aliphatic carbocycles. The molecule has 0 saturated carbocycles. The third-order valence-corrected chi connectivity index (χ3v) is 1.93. The van der Waals surface area contributed by atoms with E-state index in [-0.39, 0.29) is 6.17 Å². The molecule has 0 spiro atoms. The average Bonchev–Trinajstić information content (AvgIpc) is 2.46. The number of hydrogen-bond acceptors (Lipinski definition) is 3. The molecule has 1 heterocycles. The van der Waals surface area contributed by atoms with Crippen LogP contribution in [0, 0.1) is 6.92 Å². The first-order valence-electron chi connectivity index (χ1n) is 3.88. The van der Waals surface area contributed by atoms with Crippen molar-refractivity contribution in [2.45, 2.75) is 13.1 Å². The number of carbonyl (C=O) groups is 1. The lowest BCUT2D eigenvalue weighted by Gasteiger charge is -2.00. The molecule has 0 fully saturated rings. The number of aldehydes is 1. The topological polar surface area (TPSA) is 41.1 Å². The minimum Gasteiger partial charge on any atom is -0.358 e. The first-order chi connectivity index (χ1) is 5.79. The lowest BCUT2D eigenvalue weighted by molar-refractivity contribution is -0.107. The van der Waals surface area contributed by atoms with Crippen molar-refractivity contribution >= 4 is 17.7 Å². The molecule has 0 aromatic heterocycles. The van der Waals surface area contributed by atoms with Gasteiger partial charge in [0.25, 0.3) is 0 Å². The van der Waals surface area contributed by atoms with Crippen LogP contribution >= 0.6 is 0 Å². The molecule has 12 heavy (non-hydrogen) atoms. The predicted octanol–water partition coefficient (Wildman–Crippen LogP) is 1.36. The Morgan fingerprint density at radius 2 is 2.08 bits per heavy atom. The molecule has 62 valence electrons. The van der Waals surface area contributed by atoms with Gasteiger partial charge in [0, 0.05) is 0 Å². The molecule has 2 N–H and O–H groups in total. The molecule has 3 heteroatoms. The highest BCUT2D eigenvalue weighted by molar-refractivity contribution is 5.83. The molecular formula is C9H10N2O. The second-order valence-corrected chi connectivity index (χ2v) is 2.95. The van der Waals surface area contributed by atoms with E-state index in [1.54, 1.807) is 0 Å². The van der Waals surface area contributed by atoms with Crippen molar-refractivity contribution < 1.29 is 4.79 Å². The number of fused-ring (bicyclic) bond motifs is 1. The third kappa shape index (κ3) is 1.03. The monoisotopic (exact) mass is 162 g/mol. The third-order valence-electron chi connectivity index (χ3n) is 1.93. The summed E-state index contributed by atoms with van der Waals surface area (Å²) in [7, 11) is 0. The molecule has 0 bridgehead atoms. The van der Waals surface area contributed by atoms with E-state index < -0.39 is 0 Å². The van der Waals surface area contributed by atoms with Crippen LogP contribution < -0.4 is 10.6 Å². The van der Waals surface area contributed by atoms with Gasteiger partial charge in [0.2, 0.25) is 0 Å². The number of anilines is 2. The summed E-state index contributed by atoms with van der Waals surface area (Å²) in [5.74, 6) is 0. The average molecular weight is 162 g/mol. The van der Waals surface area contributed by atoms with Gasteiger partial charge in [-0.2, -0.15) is 0 Å². The van der Waals surface area contributed by atoms with Crippen molar-refractivity contribution in [2.24, 2.45) is 0 Å². The van der Waals surface area contributed by atoms with Gasteiger partial charge < -0.3 is 10.6 Å². The zero-order valence-electron chi connectivity index (χ0n) is 6.79. The van der Waals surface area contributed by atoms with Gasteiger partial charge in [0.1, 0.15) is 0 Å². The largest absolute Gasteiger partial charge is 0.358 e. The Kier molecular flexibility index (Phi) is 1.50. The fourth-order valence-electron chi connectivity index (χ4n) is 1.34. The zero-order chi connectivity index (χ0) is 8.55. The Hall–Kier alpha value is -1.51. The molecule has 1 aliphatic heterocycles. The summed E-state index contributed by atoms with van der Waals surface area (Å²) in [5.41, 5.74) is 3.19. The van der Waals surface area contributed by atoms with Crippen LogP contribution in [0.15, 0.2) is 18.2 Å². The molecule has 0 amide bonds. The van der Waals surface area contributed by atoms with Crippen molar-refractivity contribution in [1.82, 2.24) is 0 Å². The molecule has 3 nitrogen and oxygen atoms in total. The first-order valence-corrected chi connectivity index (χ1v) is 3.88. The van der Waals surface area contributed by atoms with E-state index in [2.05, 4.69) is 10.6 Å². The van der Waals surface area contributed by atoms with Crippen LogP contribution in [0.2, 0.25) is 0 Å². The Morgan fingerprint density at radius 1 is 1.33 bits per heavy atom. The van der Waals surface area contributed by atoms with E-state index >= 15 is 0 Å². The van der Waals surface area contributed by atoms with Crippen LogP contribution in [-0.2, 0) is 4.79 Å². The smallest absolute Gasteiger partial charge is 0.162 e. The highest BCUT2D eigenvalue weighted by atomic mass is 16.1. The number of nitrogens with one attached hydrogen (secondary N) is 2. The lowest BCUT2D eigenvalue weighted by Crippen LogP contribution is -2.22. The van der Waals surface area contributed by atoms with Gasteiger partial charge in [-0.1, -0.05) is 6.07 Å². The Labute approximate surface area is 70.8 Å². The minimum absolute atomic E-state index is 0.262. The molecule has 0 saturated heterocycles. The van der Waals surface area contributed by atoms with Gasteiger partial charge in [-0.25, -0.2) is 0 Å². The molecule has 1 aromatic carbocycles. The fourth-order valence-corrected chi connectivity index (χ4v) is 1.34. The Balaban J connectivity index is 2.35. The van der Waals surface area contributed by atoms with Crippen LogP contribution in [-0.4, -0.2) is 12.5 Å².